The molecular formula is C25H45N. The van der Waals surface area contributed by atoms with Crippen molar-refractivity contribution < 1.29 is 0 Å². The van der Waals surface area contributed by atoms with E-state index in [9.17, 15) is 0 Å². The SMILES string of the molecule is CCCCCCCC/C=C\CCCCCCCCN.Cc1ccccc1. The number of nitrogens with two attached hydrogens (primary N) is 1. The van der Waals surface area contributed by atoms with Crippen molar-refractivity contribution in [2.45, 2.75) is 104 Å². The molecule has 1 aromatic carbocycles. The molecule has 0 aromatic heterocycles. The van der Waals surface area contributed by atoms with Crippen molar-refractivity contribution in [3.8, 4) is 0 Å². The lowest BCUT2D eigenvalue weighted by atomic mass is 10.1. The highest BCUT2D eigenvalue weighted by atomic mass is 14.5. The summed E-state index contributed by atoms with van der Waals surface area (Å²) in [6.07, 6.45) is 23.9. The van der Waals surface area contributed by atoms with Crippen molar-refractivity contribution in [3.63, 3.8) is 0 Å². The summed E-state index contributed by atoms with van der Waals surface area (Å²) < 4.78 is 0. The van der Waals surface area contributed by atoms with Crippen molar-refractivity contribution in [1.29, 1.82) is 0 Å². The number of allylic oxidation sites excluding steroid dienone is 2. The Hall–Kier alpha value is -1.08. The second-order valence-corrected chi connectivity index (χ2v) is 7.38. The van der Waals surface area contributed by atoms with E-state index < -0.39 is 0 Å². The third kappa shape index (κ3) is 21.0. The molecule has 1 heteroatoms. The zero-order valence-corrected chi connectivity index (χ0v) is 17.7. The van der Waals surface area contributed by atoms with Crippen LogP contribution in [0.5, 0.6) is 0 Å². The molecule has 0 aliphatic rings. The van der Waals surface area contributed by atoms with E-state index in [1.54, 1.807) is 0 Å². The molecule has 0 saturated carbocycles. The summed E-state index contributed by atoms with van der Waals surface area (Å²) in [5, 5.41) is 0. The van der Waals surface area contributed by atoms with Crippen LogP contribution in [-0.2, 0) is 0 Å². The maximum absolute atomic E-state index is 5.47. The maximum Gasteiger partial charge on any atom is -0.00773 e. The Morgan fingerprint density at radius 1 is 0.654 bits per heavy atom. The molecule has 0 amide bonds. The van der Waals surface area contributed by atoms with E-state index in [0.29, 0.717) is 0 Å². The van der Waals surface area contributed by atoms with Crippen molar-refractivity contribution in [3.05, 3.63) is 48.0 Å². The van der Waals surface area contributed by atoms with E-state index in [1.807, 2.05) is 18.2 Å². The molecular weight excluding hydrogens is 314 g/mol. The zero-order valence-electron chi connectivity index (χ0n) is 17.7. The summed E-state index contributed by atoms with van der Waals surface area (Å²) in [5.74, 6) is 0. The van der Waals surface area contributed by atoms with Gasteiger partial charge in [0.05, 0.1) is 0 Å². The Morgan fingerprint density at radius 2 is 1.12 bits per heavy atom. The average molecular weight is 360 g/mol. The van der Waals surface area contributed by atoms with Crippen LogP contribution in [0.4, 0.5) is 0 Å². The minimum absolute atomic E-state index is 0.862. The number of unbranched alkanes of at least 4 members (excludes halogenated alkanes) is 12. The molecule has 0 saturated heterocycles. The number of benzene rings is 1. The van der Waals surface area contributed by atoms with Gasteiger partial charge in [0.25, 0.3) is 0 Å². The lowest BCUT2D eigenvalue weighted by molar-refractivity contribution is 0.599. The first kappa shape index (κ1) is 24.9. The quantitative estimate of drug-likeness (QED) is 0.249. The molecule has 26 heavy (non-hydrogen) atoms. The average Bonchev–Trinajstić information content (AvgIpc) is 2.66. The van der Waals surface area contributed by atoms with Gasteiger partial charge >= 0.3 is 0 Å². The molecule has 1 rings (SSSR count). The Bertz CT molecular complexity index is 382. The summed E-state index contributed by atoms with van der Waals surface area (Å²) in [7, 11) is 0. The molecule has 2 N–H and O–H groups in total. The fourth-order valence-electron chi connectivity index (χ4n) is 2.93. The van der Waals surface area contributed by atoms with Gasteiger partial charge < -0.3 is 5.73 Å². The van der Waals surface area contributed by atoms with Crippen LogP contribution in [-0.4, -0.2) is 6.54 Å². The zero-order chi connectivity index (χ0) is 19.1. The Labute approximate surface area is 164 Å². The predicted octanol–water partition coefficient (Wildman–Crippen LogP) is 7.98. The normalized spacial score (nSPS) is 10.7. The maximum atomic E-state index is 5.47. The summed E-state index contributed by atoms with van der Waals surface area (Å²) in [5.41, 5.74) is 6.80. The predicted molar refractivity (Wildman–Crippen MR) is 120 cm³/mol. The van der Waals surface area contributed by atoms with Crippen LogP contribution in [0.25, 0.3) is 0 Å². The molecule has 0 aliphatic heterocycles. The topological polar surface area (TPSA) is 26.0 Å². The van der Waals surface area contributed by atoms with Gasteiger partial charge in [-0.1, -0.05) is 113 Å². The van der Waals surface area contributed by atoms with Gasteiger partial charge in [0.15, 0.2) is 0 Å². The van der Waals surface area contributed by atoms with Crippen molar-refractivity contribution in [1.82, 2.24) is 0 Å². The molecule has 0 unspecified atom stereocenters. The summed E-state index contributed by atoms with van der Waals surface area (Å²) in [4.78, 5) is 0. The highest BCUT2D eigenvalue weighted by molar-refractivity contribution is 5.11. The fraction of sp³-hybridized carbons (Fsp3) is 0.680. The highest BCUT2D eigenvalue weighted by Gasteiger charge is 1.90. The molecule has 1 nitrogen and oxygen atoms in total. The Kier molecular flexibility index (Phi) is 21.0. The molecule has 0 atom stereocenters. The number of rotatable bonds is 15. The monoisotopic (exact) mass is 359 g/mol. The second kappa shape index (κ2) is 22.0. The first-order chi connectivity index (χ1) is 12.8. The minimum atomic E-state index is 0.862. The fourth-order valence-corrected chi connectivity index (χ4v) is 2.93. The number of aryl methyl sites for hydroxylation is 1. The summed E-state index contributed by atoms with van der Waals surface area (Å²) in [6.45, 7) is 5.22. The van der Waals surface area contributed by atoms with Crippen LogP contribution in [0.3, 0.4) is 0 Å². The largest absolute Gasteiger partial charge is 0.330 e. The van der Waals surface area contributed by atoms with E-state index >= 15 is 0 Å². The Morgan fingerprint density at radius 3 is 1.54 bits per heavy atom. The minimum Gasteiger partial charge on any atom is -0.330 e. The first-order valence-corrected chi connectivity index (χ1v) is 11.2. The van der Waals surface area contributed by atoms with Gasteiger partial charge in [-0.05, 0) is 45.6 Å². The van der Waals surface area contributed by atoms with Gasteiger partial charge in [-0.25, -0.2) is 0 Å². The lowest BCUT2D eigenvalue weighted by Gasteiger charge is -1.99. The highest BCUT2D eigenvalue weighted by Crippen LogP contribution is 2.09. The van der Waals surface area contributed by atoms with Gasteiger partial charge in [0.1, 0.15) is 0 Å². The molecule has 1 aromatic rings. The van der Waals surface area contributed by atoms with Gasteiger partial charge in [0.2, 0.25) is 0 Å². The molecule has 0 radical (unpaired) electrons. The third-order valence-electron chi connectivity index (χ3n) is 4.66. The second-order valence-electron chi connectivity index (χ2n) is 7.38. The molecule has 150 valence electrons. The summed E-state index contributed by atoms with van der Waals surface area (Å²) >= 11 is 0. The van der Waals surface area contributed by atoms with Gasteiger partial charge in [-0.3, -0.25) is 0 Å². The van der Waals surface area contributed by atoms with Crippen LogP contribution in [0.2, 0.25) is 0 Å². The standard InChI is InChI=1S/C18H37N.C7H8/c1-2-3-4-5-6-7-8-9-10-11-12-13-14-15-16-17-18-19;1-7-5-3-2-4-6-7/h9-10H,2-8,11-19H2,1H3;2-6H,1H3/b10-9-;. The van der Waals surface area contributed by atoms with Crippen molar-refractivity contribution in [2.75, 3.05) is 6.54 Å². The van der Waals surface area contributed by atoms with E-state index in [4.69, 9.17) is 5.73 Å². The van der Waals surface area contributed by atoms with Crippen LogP contribution in [0, 0.1) is 6.92 Å². The van der Waals surface area contributed by atoms with Gasteiger partial charge in [-0.2, -0.15) is 0 Å². The van der Waals surface area contributed by atoms with Crippen molar-refractivity contribution in [2.24, 2.45) is 5.73 Å². The number of hydrogen-bond acceptors (Lipinski definition) is 1. The van der Waals surface area contributed by atoms with Gasteiger partial charge in [-0.15, -0.1) is 0 Å². The number of hydrogen-bond donors (Lipinski definition) is 1. The van der Waals surface area contributed by atoms with Gasteiger partial charge in [0, 0.05) is 0 Å². The van der Waals surface area contributed by atoms with Crippen LogP contribution < -0.4 is 5.73 Å². The molecule has 0 spiro atoms. The Balaban J connectivity index is 0.000000735. The van der Waals surface area contributed by atoms with E-state index in [-0.39, 0.29) is 0 Å². The van der Waals surface area contributed by atoms with E-state index in [1.165, 1.54) is 95.5 Å². The lowest BCUT2D eigenvalue weighted by Crippen LogP contribution is -1.97. The van der Waals surface area contributed by atoms with Crippen LogP contribution in [0.15, 0.2) is 42.5 Å². The van der Waals surface area contributed by atoms with E-state index in [2.05, 4.69) is 38.1 Å². The van der Waals surface area contributed by atoms with Crippen molar-refractivity contribution >= 4 is 0 Å². The first-order valence-electron chi connectivity index (χ1n) is 11.2. The molecule has 0 bridgehead atoms. The van der Waals surface area contributed by atoms with Crippen LogP contribution >= 0.6 is 0 Å². The molecule has 0 fully saturated rings. The van der Waals surface area contributed by atoms with Crippen LogP contribution in [0.1, 0.15) is 102 Å². The smallest absolute Gasteiger partial charge is 0.00773 e. The van der Waals surface area contributed by atoms with E-state index in [0.717, 1.165) is 6.54 Å². The summed E-state index contributed by atoms with van der Waals surface area (Å²) in [6, 6.07) is 10.3. The molecule has 0 aliphatic carbocycles. The molecule has 0 heterocycles. The third-order valence-corrected chi connectivity index (χ3v) is 4.66.